The van der Waals surface area contributed by atoms with Gasteiger partial charge >= 0.3 is 0 Å². The lowest BCUT2D eigenvalue weighted by Crippen LogP contribution is -2.41. The molecule has 3 heteroatoms. The van der Waals surface area contributed by atoms with Gasteiger partial charge in [0.05, 0.1) is 18.3 Å². The number of aliphatic hydroxyl groups excluding tert-OH is 1. The van der Waals surface area contributed by atoms with Crippen molar-refractivity contribution in [3.05, 3.63) is 29.8 Å². The van der Waals surface area contributed by atoms with Crippen LogP contribution in [0.5, 0.6) is 5.75 Å². The van der Waals surface area contributed by atoms with Gasteiger partial charge in [-0.1, -0.05) is 25.0 Å². The van der Waals surface area contributed by atoms with Gasteiger partial charge in [-0.3, -0.25) is 0 Å². The lowest BCUT2D eigenvalue weighted by atomic mass is 9.90. The largest absolute Gasteiger partial charge is 0.490 e. The molecule has 110 valence electrons. The first-order valence-electron chi connectivity index (χ1n) is 7.76. The van der Waals surface area contributed by atoms with Crippen LogP contribution in [0.25, 0.3) is 0 Å². The maximum atomic E-state index is 9.52. The Morgan fingerprint density at radius 2 is 1.95 bits per heavy atom. The minimum absolute atomic E-state index is 0.0997. The molecule has 3 nitrogen and oxygen atoms in total. The van der Waals surface area contributed by atoms with Gasteiger partial charge in [0.2, 0.25) is 0 Å². The van der Waals surface area contributed by atoms with E-state index in [0.29, 0.717) is 0 Å². The number of hydrogen-bond donors (Lipinski definition) is 1. The fourth-order valence-electron chi connectivity index (χ4n) is 3.47. The first-order chi connectivity index (χ1) is 9.67. The summed E-state index contributed by atoms with van der Waals surface area (Å²) in [7, 11) is 0. The van der Waals surface area contributed by atoms with Crippen LogP contribution in [0.2, 0.25) is 0 Å². The Balaban J connectivity index is 1.62. The van der Waals surface area contributed by atoms with Crippen molar-refractivity contribution in [3.63, 3.8) is 0 Å². The van der Waals surface area contributed by atoms with E-state index in [1.807, 2.05) is 24.3 Å². The van der Waals surface area contributed by atoms with Crippen molar-refractivity contribution in [2.75, 3.05) is 6.61 Å². The van der Waals surface area contributed by atoms with Crippen LogP contribution in [0, 0.1) is 0 Å². The summed E-state index contributed by atoms with van der Waals surface area (Å²) in [6.07, 6.45) is 6.78. The molecule has 1 aromatic carbocycles. The minimum Gasteiger partial charge on any atom is -0.490 e. The normalized spacial score (nSPS) is 26.6. The molecule has 1 N–H and O–H groups in total. The van der Waals surface area contributed by atoms with Crippen LogP contribution in [0.1, 0.15) is 57.1 Å². The topological polar surface area (TPSA) is 38.7 Å². The average molecular weight is 276 g/mol. The lowest BCUT2D eigenvalue weighted by molar-refractivity contribution is -0.108. The second kappa shape index (κ2) is 5.74. The molecule has 1 unspecified atom stereocenters. The molecule has 1 heterocycles. The van der Waals surface area contributed by atoms with E-state index in [2.05, 4.69) is 0 Å². The summed E-state index contributed by atoms with van der Waals surface area (Å²) in [6.45, 7) is 2.59. The van der Waals surface area contributed by atoms with E-state index in [9.17, 15) is 5.11 Å². The Labute approximate surface area is 120 Å². The molecule has 3 rings (SSSR count). The number of rotatable bonds is 3. The third-order valence-corrected chi connectivity index (χ3v) is 4.63. The van der Waals surface area contributed by atoms with Crippen molar-refractivity contribution in [1.82, 2.24) is 0 Å². The van der Waals surface area contributed by atoms with Crippen LogP contribution in [-0.2, 0) is 4.74 Å². The fraction of sp³-hybridized carbons (Fsp3) is 0.647. The predicted molar refractivity (Wildman–Crippen MR) is 77.9 cm³/mol. The SMILES string of the molecule is C[C@H](O)c1ccc(OC2CCOC3(CCCC3)C2)cc1. The zero-order valence-corrected chi connectivity index (χ0v) is 12.2. The van der Waals surface area contributed by atoms with Gasteiger partial charge in [0.25, 0.3) is 0 Å². The Bertz CT molecular complexity index is 432. The number of aliphatic hydroxyl groups is 1. The van der Waals surface area contributed by atoms with Gasteiger partial charge in [0, 0.05) is 12.8 Å². The molecule has 0 radical (unpaired) electrons. The summed E-state index contributed by atoms with van der Waals surface area (Å²) in [5, 5.41) is 9.52. The molecule has 1 saturated heterocycles. The second-order valence-corrected chi connectivity index (χ2v) is 6.22. The summed E-state index contributed by atoms with van der Waals surface area (Å²) >= 11 is 0. The van der Waals surface area contributed by atoms with E-state index in [1.54, 1.807) is 6.92 Å². The zero-order valence-electron chi connectivity index (χ0n) is 12.2. The number of ether oxygens (including phenoxy) is 2. The molecule has 1 aliphatic heterocycles. The smallest absolute Gasteiger partial charge is 0.119 e. The Hall–Kier alpha value is -1.06. The van der Waals surface area contributed by atoms with E-state index in [4.69, 9.17) is 9.47 Å². The van der Waals surface area contributed by atoms with Gasteiger partial charge in [-0.25, -0.2) is 0 Å². The maximum absolute atomic E-state index is 9.52. The van der Waals surface area contributed by atoms with Gasteiger partial charge in [0.15, 0.2) is 0 Å². The Morgan fingerprint density at radius 3 is 2.60 bits per heavy atom. The summed E-state index contributed by atoms with van der Waals surface area (Å²) < 4.78 is 12.1. The molecule has 20 heavy (non-hydrogen) atoms. The third-order valence-electron chi connectivity index (χ3n) is 4.63. The van der Waals surface area contributed by atoms with E-state index in [1.165, 1.54) is 25.7 Å². The average Bonchev–Trinajstić information content (AvgIpc) is 2.87. The Kier molecular flexibility index (Phi) is 3.99. The lowest BCUT2D eigenvalue weighted by Gasteiger charge is -2.38. The standard InChI is InChI=1S/C17H24O3/c1-13(18)14-4-6-15(7-5-14)20-16-8-11-19-17(12-16)9-2-3-10-17/h4-7,13,16,18H,2-3,8-12H2,1H3/t13-,16?/m0/s1. The van der Waals surface area contributed by atoms with Gasteiger partial charge < -0.3 is 14.6 Å². The molecule has 2 atom stereocenters. The van der Waals surface area contributed by atoms with Crippen LogP contribution in [0.15, 0.2) is 24.3 Å². The highest BCUT2D eigenvalue weighted by Crippen LogP contribution is 2.40. The summed E-state index contributed by atoms with van der Waals surface area (Å²) in [4.78, 5) is 0. The highest BCUT2D eigenvalue weighted by molar-refractivity contribution is 5.28. The summed E-state index contributed by atoms with van der Waals surface area (Å²) in [5.74, 6) is 0.898. The fourth-order valence-corrected chi connectivity index (χ4v) is 3.47. The molecular formula is C17H24O3. The van der Waals surface area contributed by atoms with Gasteiger partial charge in [-0.15, -0.1) is 0 Å². The van der Waals surface area contributed by atoms with Crippen molar-refractivity contribution < 1.29 is 14.6 Å². The van der Waals surface area contributed by atoms with Crippen molar-refractivity contribution in [2.24, 2.45) is 0 Å². The molecule has 1 saturated carbocycles. The minimum atomic E-state index is -0.422. The first kappa shape index (κ1) is 13.9. The van der Waals surface area contributed by atoms with Crippen molar-refractivity contribution in [2.45, 2.75) is 63.3 Å². The van der Waals surface area contributed by atoms with E-state index < -0.39 is 6.10 Å². The van der Waals surface area contributed by atoms with Gasteiger partial charge in [-0.05, 0) is 37.5 Å². The molecule has 1 aliphatic carbocycles. The monoisotopic (exact) mass is 276 g/mol. The third kappa shape index (κ3) is 2.99. The molecular weight excluding hydrogens is 252 g/mol. The van der Waals surface area contributed by atoms with Crippen LogP contribution >= 0.6 is 0 Å². The molecule has 2 aliphatic rings. The van der Waals surface area contributed by atoms with Crippen LogP contribution < -0.4 is 4.74 Å². The summed E-state index contributed by atoms with van der Waals surface area (Å²) in [6, 6.07) is 7.78. The predicted octanol–water partition coefficient (Wildman–Crippen LogP) is 3.61. The van der Waals surface area contributed by atoms with Gasteiger partial charge in [-0.2, -0.15) is 0 Å². The van der Waals surface area contributed by atoms with E-state index in [-0.39, 0.29) is 11.7 Å². The molecule has 0 aromatic heterocycles. The molecule has 0 bridgehead atoms. The van der Waals surface area contributed by atoms with Crippen LogP contribution in [-0.4, -0.2) is 23.4 Å². The van der Waals surface area contributed by atoms with Crippen LogP contribution in [0.3, 0.4) is 0 Å². The number of hydrogen-bond acceptors (Lipinski definition) is 3. The van der Waals surface area contributed by atoms with Crippen molar-refractivity contribution in [1.29, 1.82) is 0 Å². The molecule has 1 aromatic rings. The van der Waals surface area contributed by atoms with Crippen LogP contribution in [0.4, 0.5) is 0 Å². The molecule has 1 spiro atoms. The number of benzene rings is 1. The first-order valence-corrected chi connectivity index (χ1v) is 7.76. The zero-order chi connectivity index (χ0) is 14.0. The maximum Gasteiger partial charge on any atom is 0.119 e. The highest BCUT2D eigenvalue weighted by atomic mass is 16.5. The van der Waals surface area contributed by atoms with E-state index >= 15 is 0 Å². The molecule has 2 fully saturated rings. The van der Waals surface area contributed by atoms with Gasteiger partial charge in [0.1, 0.15) is 11.9 Å². The Morgan fingerprint density at radius 1 is 1.25 bits per heavy atom. The van der Waals surface area contributed by atoms with Crippen molar-refractivity contribution >= 4 is 0 Å². The van der Waals surface area contributed by atoms with Crippen molar-refractivity contribution in [3.8, 4) is 5.75 Å². The quantitative estimate of drug-likeness (QED) is 0.916. The van der Waals surface area contributed by atoms with E-state index in [0.717, 1.165) is 30.8 Å². The second-order valence-electron chi connectivity index (χ2n) is 6.22. The molecule has 0 amide bonds. The highest BCUT2D eigenvalue weighted by Gasteiger charge is 2.40. The summed E-state index contributed by atoms with van der Waals surface area (Å²) in [5.41, 5.74) is 1.03.